The van der Waals surface area contributed by atoms with E-state index in [4.69, 9.17) is 0 Å². The van der Waals surface area contributed by atoms with Crippen molar-refractivity contribution in [3.8, 4) is 0 Å². The number of amides is 1. The maximum absolute atomic E-state index is 12.3. The highest BCUT2D eigenvalue weighted by Crippen LogP contribution is 2.17. The van der Waals surface area contributed by atoms with Gasteiger partial charge < -0.3 is 10.6 Å². The van der Waals surface area contributed by atoms with Crippen LogP contribution >= 0.6 is 12.4 Å². The zero-order chi connectivity index (χ0) is 15.0. The summed E-state index contributed by atoms with van der Waals surface area (Å²) < 4.78 is 1.85. The van der Waals surface area contributed by atoms with Crippen molar-refractivity contribution in [1.29, 1.82) is 0 Å². The molecule has 0 aliphatic carbocycles. The molecule has 118 valence electrons. The molecule has 1 aliphatic rings. The number of halogens is 1. The van der Waals surface area contributed by atoms with E-state index in [1.54, 1.807) is 0 Å². The second-order valence-electron chi connectivity index (χ2n) is 5.54. The Balaban J connectivity index is 0.00000176. The first-order valence-corrected chi connectivity index (χ1v) is 7.16. The zero-order valence-electron chi connectivity index (χ0n) is 13.1. The lowest BCUT2D eigenvalue weighted by Crippen LogP contribution is -2.23. The summed E-state index contributed by atoms with van der Waals surface area (Å²) in [4.78, 5) is 12.3. The lowest BCUT2D eigenvalue weighted by Gasteiger charge is -2.07. The summed E-state index contributed by atoms with van der Waals surface area (Å²) in [6.07, 6.45) is 0. The van der Waals surface area contributed by atoms with Crippen LogP contribution in [0.25, 0.3) is 0 Å². The average molecular weight is 321 g/mol. The quantitative estimate of drug-likeness (QED) is 0.909. The molecule has 2 heterocycles. The molecule has 0 unspecified atom stereocenters. The Hall–Kier alpha value is -1.85. The molecule has 6 heteroatoms. The van der Waals surface area contributed by atoms with Crippen molar-refractivity contribution in [2.75, 3.05) is 0 Å². The van der Waals surface area contributed by atoms with Gasteiger partial charge in [0.05, 0.1) is 5.69 Å². The fourth-order valence-electron chi connectivity index (χ4n) is 2.78. The molecule has 2 N–H and O–H groups in total. The van der Waals surface area contributed by atoms with E-state index in [0.29, 0.717) is 6.54 Å². The largest absolute Gasteiger partial charge is 0.348 e. The molecule has 0 saturated carbocycles. The van der Waals surface area contributed by atoms with E-state index < -0.39 is 0 Å². The highest BCUT2D eigenvalue weighted by atomic mass is 35.5. The van der Waals surface area contributed by atoms with Gasteiger partial charge in [-0.3, -0.25) is 9.48 Å². The minimum absolute atomic E-state index is 0. The summed E-state index contributed by atoms with van der Waals surface area (Å²) >= 11 is 0. The Kier molecular flexibility index (Phi) is 4.88. The highest BCUT2D eigenvalue weighted by molar-refractivity contribution is 5.94. The third-order valence-electron chi connectivity index (χ3n) is 4.18. The summed E-state index contributed by atoms with van der Waals surface area (Å²) in [6.45, 7) is 6.24. The molecule has 22 heavy (non-hydrogen) atoms. The normalized spacial score (nSPS) is 12.7. The maximum atomic E-state index is 12.3. The van der Waals surface area contributed by atoms with Gasteiger partial charge in [-0.1, -0.05) is 6.07 Å². The second-order valence-corrected chi connectivity index (χ2v) is 5.54. The summed E-state index contributed by atoms with van der Waals surface area (Å²) in [6, 6.07) is 5.91. The van der Waals surface area contributed by atoms with E-state index in [1.165, 1.54) is 11.1 Å². The molecule has 5 nitrogen and oxygen atoms in total. The molecule has 0 fully saturated rings. The Morgan fingerprint density at radius 1 is 1.32 bits per heavy atom. The van der Waals surface area contributed by atoms with Crippen LogP contribution in [0.5, 0.6) is 0 Å². The monoisotopic (exact) mass is 320 g/mol. The van der Waals surface area contributed by atoms with Crippen molar-refractivity contribution >= 4 is 18.3 Å². The smallest absolute Gasteiger partial charge is 0.251 e. The Labute approximate surface area is 136 Å². The first kappa shape index (κ1) is 16.5. The van der Waals surface area contributed by atoms with Crippen molar-refractivity contribution in [3.63, 3.8) is 0 Å². The molecule has 1 amide bonds. The number of carbonyl (C=O) groups excluding carboxylic acids is 1. The second kappa shape index (κ2) is 6.50. The number of aromatic nitrogens is 2. The maximum Gasteiger partial charge on any atom is 0.251 e. The van der Waals surface area contributed by atoms with Crippen molar-refractivity contribution in [1.82, 2.24) is 20.4 Å². The lowest BCUT2D eigenvalue weighted by molar-refractivity contribution is 0.0950. The van der Waals surface area contributed by atoms with Crippen LogP contribution in [0.3, 0.4) is 0 Å². The molecule has 1 aromatic carbocycles. The van der Waals surface area contributed by atoms with Crippen LogP contribution in [0.1, 0.15) is 38.4 Å². The van der Waals surface area contributed by atoms with E-state index in [1.807, 2.05) is 43.8 Å². The van der Waals surface area contributed by atoms with Gasteiger partial charge >= 0.3 is 0 Å². The predicted octanol–water partition coefficient (Wildman–Crippen LogP) is 1.99. The summed E-state index contributed by atoms with van der Waals surface area (Å²) in [5.74, 6) is -0.0349. The number of rotatable bonds is 3. The fourth-order valence-corrected chi connectivity index (χ4v) is 2.78. The summed E-state index contributed by atoms with van der Waals surface area (Å²) in [5.41, 5.74) is 6.37. The fraction of sp³-hybridized carbons (Fsp3) is 0.375. The van der Waals surface area contributed by atoms with Crippen molar-refractivity contribution in [2.45, 2.75) is 33.5 Å². The minimum atomic E-state index is -0.0349. The molecule has 3 rings (SSSR count). The van der Waals surface area contributed by atoms with E-state index in [2.05, 4.69) is 15.7 Å². The van der Waals surface area contributed by atoms with Crippen molar-refractivity contribution in [2.24, 2.45) is 7.05 Å². The molecule has 0 radical (unpaired) electrons. The molecule has 1 aromatic heterocycles. The van der Waals surface area contributed by atoms with Crippen LogP contribution in [0.4, 0.5) is 0 Å². The molecule has 1 aliphatic heterocycles. The van der Waals surface area contributed by atoms with Gasteiger partial charge in [0, 0.05) is 43.5 Å². The Morgan fingerprint density at radius 3 is 2.73 bits per heavy atom. The van der Waals surface area contributed by atoms with Crippen LogP contribution in [-0.2, 0) is 26.7 Å². The van der Waals surface area contributed by atoms with Crippen LogP contribution in [0, 0.1) is 13.8 Å². The van der Waals surface area contributed by atoms with Crippen LogP contribution in [0.15, 0.2) is 18.2 Å². The molecule has 0 bridgehead atoms. The van der Waals surface area contributed by atoms with Gasteiger partial charge in [-0.05, 0) is 37.1 Å². The lowest BCUT2D eigenvalue weighted by atomic mass is 10.1. The number of fused-ring (bicyclic) bond motifs is 1. The number of aryl methyl sites for hydroxylation is 2. The molecular weight excluding hydrogens is 300 g/mol. The zero-order valence-corrected chi connectivity index (χ0v) is 13.9. The number of nitrogens with zero attached hydrogens (tertiary/aromatic N) is 2. The summed E-state index contributed by atoms with van der Waals surface area (Å²) in [7, 11) is 1.92. The standard InChI is InChI=1S/C16H20N4O.ClH/c1-10-15(11(2)20(3)19-10)9-18-16(21)12-4-5-13-7-17-8-14(13)6-12;/h4-6,17H,7-9H2,1-3H3,(H,18,21);1H. The van der Waals surface area contributed by atoms with Crippen LogP contribution < -0.4 is 10.6 Å². The van der Waals surface area contributed by atoms with E-state index in [-0.39, 0.29) is 18.3 Å². The third-order valence-corrected chi connectivity index (χ3v) is 4.18. The van der Waals surface area contributed by atoms with Gasteiger partial charge in [0.15, 0.2) is 0 Å². The van der Waals surface area contributed by atoms with Gasteiger partial charge in [0.2, 0.25) is 0 Å². The third kappa shape index (κ3) is 3.00. The number of nitrogens with one attached hydrogen (secondary N) is 2. The Morgan fingerprint density at radius 2 is 2.05 bits per heavy atom. The molecular formula is C16H21ClN4O. The molecule has 2 aromatic rings. The molecule has 0 spiro atoms. The topological polar surface area (TPSA) is 59.0 Å². The van der Waals surface area contributed by atoms with Crippen LogP contribution in [-0.4, -0.2) is 15.7 Å². The van der Waals surface area contributed by atoms with E-state index in [0.717, 1.165) is 35.6 Å². The Bertz CT molecular complexity index is 708. The van der Waals surface area contributed by atoms with Gasteiger partial charge in [0.1, 0.15) is 0 Å². The number of carbonyl (C=O) groups is 1. The molecule has 0 atom stereocenters. The number of hydrogen-bond donors (Lipinski definition) is 2. The minimum Gasteiger partial charge on any atom is -0.348 e. The number of hydrogen-bond acceptors (Lipinski definition) is 3. The average Bonchev–Trinajstić information content (AvgIpc) is 3.02. The number of benzene rings is 1. The van der Waals surface area contributed by atoms with Crippen molar-refractivity contribution in [3.05, 3.63) is 51.8 Å². The SMILES string of the molecule is Cc1nn(C)c(C)c1CNC(=O)c1ccc2c(c1)CNC2.Cl. The van der Waals surface area contributed by atoms with Gasteiger partial charge in [-0.25, -0.2) is 0 Å². The van der Waals surface area contributed by atoms with Crippen LogP contribution in [0.2, 0.25) is 0 Å². The van der Waals surface area contributed by atoms with Crippen molar-refractivity contribution < 1.29 is 4.79 Å². The van der Waals surface area contributed by atoms with E-state index in [9.17, 15) is 4.79 Å². The van der Waals surface area contributed by atoms with Gasteiger partial charge in [-0.2, -0.15) is 5.10 Å². The predicted molar refractivity (Wildman–Crippen MR) is 88.1 cm³/mol. The molecule has 0 saturated heterocycles. The first-order chi connectivity index (χ1) is 10.1. The summed E-state index contributed by atoms with van der Waals surface area (Å²) in [5, 5.41) is 10.6. The highest BCUT2D eigenvalue weighted by Gasteiger charge is 2.15. The first-order valence-electron chi connectivity index (χ1n) is 7.16. The van der Waals surface area contributed by atoms with Gasteiger partial charge in [0.25, 0.3) is 5.91 Å². The van der Waals surface area contributed by atoms with Gasteiger partial charge in [-0.15, -0.1) is 12.4 Å². The van der Waals surface area contributed by atoms with E-state index >= 15 is 0 Å².